The van der Waals surface area contributed by atoms with E-state index in [4.69, 9.17) is 10.00 Å². The zero-order chi connectivity index (χ0) is 14.0. The molecule has 2 rings (SSSR count). The number of alkyl halides is 2. The van der Waals surface area contributed by atoms with Crippen molar-refractivity contribution in [1.82, 2.24) is 14.8 Å². The van der Waals surface area contributed by atoms with E-state index in [9.17, 15) is 8.78 Å². The third-order valence-electron chi connectivity index (χ3n) is 2.57. The van der Waals surface area contributed by atoms with Crippen molar-refractivity contribution in [1.29, 1.82) is 5.26 Å². The Morgan fingerprint density at radius 1 is 1.47 bits per heavy atom. The Kier molecular flexibility index (Phi) is 3.42. The highest BCUT2D eigenvalue weighted by Crippen LogP contribution is 2.32. The predicted molar refractivity (Wildman–Crippen MR) is 62.7 cm³/mol. The minimum Gasteiger partial charge on any atom is -0.494 e. The largest absolute Gasteiger partial charge is 0.494 e. The van der Waals surface area contributed by atoms with Gasteiger partial charge in [0.2, 0.25) is 0 Å². The Morgan fingerprint density at radius 3 is 2.74 bits per heavy atom. The van der Waals surface area contributed by atoms with Crippen molar-refractivity contribution >= 4 is 0 Å². The van der Waals surface area contributed by atoms with Crippen molar-refractivity contribution in [2.24, 2.45) is 0 Å². The SMILES string of the molecule is COc1c(-c2cnn(C(F)F)c2)cc(C#N)nc1C. The Balaban J connectivity index is 2.59. The molecule has 0 N–H and O–H groups in total. The summed E-state index contributed by atoms with van der Waals surface area (Å²) in [6.45, 7) is -1.03. The summed E-state index contributed by atoms with van der Waals surface area (Å²) in [5, 5.41) is 12.5. The second kappa shape index (κ2) is 5.02. The highest BCUT2D eigenvalue weighted by Gasteiger charge is 2.15. The maximum Gasteiger partial charge on any atom is 0.333 e. The molecule has 2 aromatic heterocycles. The minimum atomic E-state index is -2.71. The number of ether oxygens (including phenoxy) is 1. The van der Waals surface area contributed by atoms with Crippen LogP contribution in [0.25, 0.3) is 11.1 Å². The first-order valence-electron chi connectivity index (χ1n) is 5.35. The average molecular weight is 264 g/mol. The summed E-state index contributed by atoms with van der Waals surface area (Å²) in [6, 6.07) is 3.40. The van der Waals surface area contributed by atoms with Gasteiger partial charge in [-0.15, -0.1) is 0 Å². The molecule has 0 amide bonds. The number of nitrogens with zero attached hydrogens (tertiary/aromatic N) is 4. The molecule has 2 heterocycles. The quantitative estimate of drug-likeness (QED) is 0.854. The van der Waals surface area contributed by atoms with E-state index in [0.29, 0.717) is 27.3 Å². The number of aromatic nitrogens is 3. The van der Waals surface area contributed by atoms with Gasteiger partial charge in [-0.3, -0.25) is 0 Å². The molecule has 0 bridgehead atoms. The molecule has 5 nitrogen and oxygen atoms in total. The van der Waals surface area contributed by atoms with Gasteiger partial charge >= 0.3 is 6.55 Å². The van der Waals surface area contributed by atoms with Crippen LogP contribution < -0.4 is 4.74 Å². The third kappa shape index (κ3) is 2.38. The fourth-order valence-corrected chi connectivity index (χ4v) is 1.77. The zero-order valence-corrected chi connectivity index (χ0v) is 10.3. The van der Waals surface area contributed by atoms with Crippen molar-refractivity contribution in [3.63, 3.8) is 0 Å². The van der Waals surface area contributed by atoms with Gasteiger partial charge < -0.3 is 4.74 Å². The lowest BCUT2D eigenvalue weighted by Crippen LogP contribution is -1.98. The van der Waals surface area contributed by atoms with E-state index in [-0.39, 0.29) is 5.69 Å². The topological polar surface area (TPSA) is 63.7 Å². The first-order chi connectivity index (χ1) is 9.06. The predicted octanol–water partition coefficient (Wildman–Crippen LogP) is 2.53. The standard InChI is InChI=1S/C12H10F2N4O/c1-7-11(19-2)10(3-9(4-15)17-7)8-5-16-18(6-8)12(13)14/h3,5-6,12H,1-2H3. The number of hydrogen-bond donors (Lipinski definition) is 0. The Labute approximate surface area is 108 Å². The monoisotopic (exact) mass is 264 g/mol. The smallest absolute Gasteiger partial charge is 0.333 e. The Bertz CT molecular complexity index is 646. The van der Waals surface area contributed by atoms with E-state index in [1.54, 1.807) is 6.92 Å². The molecule has 0 radical (unpaired) electrons. The molecule has 0 saturated heterocycles. The van der Waals surface area contributed by atoms with Crippen molar-refractivity contribution in [2.45, 2.75) is 13.5 Å². The van der Waals surface area contributed by atoms with Gasteiger partial charge in [0.1, 0.15) is 17.5 Å². The molecule has 0 aliphatic rings. The van der Waals surface area contributed by atoms with E-state index in [0.717, 1.165) is 0 Å². The second-order valence-electron chi connectivity index (χ2n) is 3.77. The van der Waals surface area contributed by atoms with Crippen LogP contribution in [0.5, 0.6) is 5.75 Å². The van der Waals surface area contributed by atoms with E-state index in [1.807, 2.05) is 6.07 Å². The van der Waals surface area contributed by atoms with Crippen LogP contribution >= 0.6 is 0 Å². The molecule has 7 heteroatoms. The molecule has 0 aliphatic heterocycles. The lowest BCUT2D eigenvalue weighted by molar-refractivity contribution is 0.0566. The molecule has 0 fully saturated rings. The van der Waals surface area contributed by atoms with Crippen LogP contribution in [-0.4, -0.2) is 21.9 Å². The zero-order valence-electron chi connectivity index (χ0n) is 10.3. The summed E-state index contributed by atoms with van der Waals surface area (Å²) in [4.78, 5) is 4.03. The molecular weight excluding hydrogens is 254 g/mol. The summed E-state index contributed by atoms with van der Waals surface area (Å²) >= 11 is 0. The number of rotatable bonds is 3. The van der Waals surface area contributed by atoms with Crippen molar-refractivity contribution in [2.75, 3.05) is 7.11 Å². The molecule has 0 unspecified atom stereocenters. The van der Waals surface area contributed by atoms with Crippen molar-refractivity contribution < 1.29 is 13.5 Å². The fraction of sp³-hybridized carbons (Fsp3) is 0.250. The number of methoxy groups -OCH3 is 1. The van der Waals surface area contributed by atoms with Crippen LogP contribution in [0.2, 0.25) is 0 Å². The average Bonchev–Trinajstić information content (AvgIpc) is 2.87. The minimum absolute atomic E-state index is 0.193. The summed E-state index contributed by atoms with van der Waals surface area (Å²) in [5.74, 6) is 0.438. The lowest BCUT2D eigenvalue weighted by Gasteiger charge is -2.09. The number of halogens is 2. The van der Waals surface area contributed by atoms with Gasteiger partial charge in [0.15, 0.2) is 0 Å². The molecule has 0 aliphatic carbocycles. The van der Waals surface area contributed by atoms with Gasteiger partial charge in [-0.2, -0.15) is 19.1 Å². The molecule has 0 atom stereocenters. The normalized spacial score (nSPS) is 10.5. The van der Waals surface area contributed by atoms with E-state index < -0.39 is 6.55 Å². The summed E-state index contributed by atoms with van der Waals surface area (Å²) in [6.07, 6.45) is 2.49. The molecule has 98 valence electrons. The molecule has 2 aromatic rings. The van der Waals surface area contributed by atoms with E-state index in [2.05, 4.69) is 10.1 Å². The van der Waals surface area contributed by atoms with E-state index >= 15 is 0 Å². The Hall–Kier alpha value is -2.49. The maximum atomic E-state index is 12.5. The summed E-state index contributed by atoms with van der Waals surface area (Å²) in [7, 11) is 1.46. The maximum absolute atomic E-state index is 12.5. The fourth-order valence-electron chi connectivity index (χ4n) is 1.77. The van der Waals surface area contributed by atoms with Crippen LogP contribution in [0.1, 0.15) is 17.9 Å². The lowest BCUT2D eigenvalue weighted by atomic mass is 10.1. The van der Waals surface area contributed by atoms with Crippen LogP contribution in [0, 0.1) is 18.3 Å². The number of aryl methyl sites for hydroxylation is 1. The van der Waals surface area contributed by atoms with Gasteiger partial charge in [-0.1, -0.05) is 0 Å². The van der Waals surface area contributed by atoms with Gasteiger partial charge in [-0.25, -0.2) is 9.67 Å². The van der Waals surface area contributed by atoms with Crippen molar-refractivity contribution in [3.8, 4) is 22.9 Å². The first-order valence-corrected chi connectivity index (χ1v) is 5.35. The van der Waals surface area contributed by atoms with Crippen LogP contribution in [0.4, 0.5) is 8.78 Å². The van der Waals surface area contributed by atoms with Gasteiger partial charge in [-0.05, 0) is 13.0 Å². The number of hydrogen-bond acceptors (Lipinski definition) is 4. The highest BCUT2D eigenvalue weighted by molar-refractivity contribution is 5.71. The highest BCUT2D eigenvalue weighted by atomic mass is 19.3. The molecule has 0 saturated carbocycles. The molecule has 0 spiro atoms. The van der Waals surface area contributed by atoms with Gasteiger partial charge in [0.25, 0.3) is 0 Å². The number of pyridine rings is 1. The summed E-state index contributed by atoms with van der Waals surface area (Å²) < 4.78 is 30.8. The molecular formula is C12H10F2N4O. The second-order valence-corrected chi connectivity index (χ2v) is 3.77. The summed E-state index contributed by atoms with van der Waals surface area (Å²) in [5.41, 5.74) is 1.66. The molecule has 0 aromatic carbocycles. The molecule has 19 heavy (non-hydrogen) atoms. The van der Waals surface area contributed by atoms with Gasteiger partial charge in [0.05, 0.1) is 19.0 Å². The van der Waals surface area contributed by atoms with Crippen LogP contribution in [-0.2, 0) is 0 Å². The van der Waals surface area contributed by atoms with Gasteiger partial charge in [0, 0.05) is 17.3 Å². The van der Waals surface area contributed by atoms with Crippen LogP contribution in [0.3, 0.4) is 0 Å². The van der Waals surface area contributed by atoms with Crippen LogP contribution in [0.15, 0.2) is 18.5 Å². The van der Waals surface area contributed by atoms with E-state index in [1.165, 1.54) is 25.6 Å². The first kappa shape index (κ1) is 13.0. The number of nitriles is 1. The van der Waals surface area contributed by atoms with Crippen molar-refractivity contribution in [3.05, 3.63) is 29.8 Å². The Morgan fingerprint density at radius 2 is 2.21 bits per heavy atom. The third-order valence-corrected chi connectivity index (χ3v) is 2.57.